The Morgan fingerprint density at radius 3 is 2.95 bits per heavy atom. The molecule has 4 nitrogen and oxygen atoms in total. The van der Waals surface area contributed by atoms with Gasteiger partial charge in [0.2, 0.25) is 0 Å². The van der Waals surface area contributed by atoms with Crippen molar-refractivity contribution in [1.29, 1.82) is 0 Å². The number of nitrogens with one attached hydrogen (secondary N) is 1. The summed E-state index contributed by atoms with van der Waals surface area (Å²) in [5.41, 5.74) is 5.32. The average molecular weight is 339 g/mol. The molecular formula is C16H12N4Se. The molecule has 1 N–H and O–H groups in total. The van der Waals surface area contributed by atoms with Gasteiger partial charge >= 0.3 is 128 Å². The van der Waals surface area contributed by atoms with Crippen molar-refractivity contribution < 1.29 is 0 Å². The number of anilines is 1. The zero-order valence-corrected chi connectivity index (χ0v) is 12.9. The Morgan fingerprint density at radius 2 is 1.95 bits per heavy atom. The first-order chi connectivity index (χ1) is 10.4. The van der Waals surface area contributed by atoms with Crippen LogP contribution in [0, 0.1) is 0 Å². The van der Waals surface area contributed by atoms with E-state index in [-0.39, 0.29) is 15.0 Å². The van der Waals surface area contributed by atoms with Crippen LogP contribution in [-0.2, 0) is 6.54 Å². The molecule has 102 valence electrons. The van der Waals surface area contributed by atoms with Gasteiger partial charge in [-0.2, -0.15) is 0 Å². The summed E-state index contributed by atoms with van der Waals surface area (Å²) in [4.78, 5) is 4.34. The fraction of sp³-hybridized carbons (Fsp3) is 0.0625. The van der Waals surface area contributed by atoms with Gasteiger partial charge in [0, 0.05) is 0 Å². The van der Waals surface area contributed by atoms with E-state index >= 15 is 0 Å². The van der Waals surface area contributed by atoms with Crippen LogP contribution in [0.15, 0.2) is 54.7 Å². The molecule has 0 amide bonds. The van der Waals surface area contributed by atoms with E-state index in [2.05, 4.69) is 48.6 Å². The van der Waals surface area contributed by atoms with Gasteiger partial charge in [-0.25, -0.2) is 0 Å². The molecule has 2 aromatic carbocycles. The molecule has 0 bridgehead atoms. The normalized spacial score (nSPS) is 11.0. The molecule has 0 aliphatic rings. The summed E-state index contributed by atoms with van der Waals surface area (Å²) in [6.07, 6.45) is 1.82. The zero-order chi connectivity index (χ0) is 14.1. The Bertz CT molecular complexity index is 916. The molecule has 5 heteroatoms. The van der Waals surface area contributed by atoms with Crippen molar-refractivity contribution in [3.63, 3.8) is 0 Å². The van der Waals surface area contributed by atoms with Crippen LogP contribution in [0.2, 0.25) is 0 Å². The summed E-state index contributed by atoms with van der Waals surface area (Å²) in [5, 5.41) is 4.63. The van der Waals surface area contributed by atoms with Gasteiger partial charge in [-0.15, -0.1) is 0 Å². The van der Waals surface area contributed by atoms with Gasteiger partial charge in [0.15, 0.2) is 0 Å². The first kappa shape index (κ1) is 12.5. The van der Waals surface area contributed by atoms with Crippen molar-refractivity contribution in [3.8, 4) is 0 Å². The summed E-state index contributed by atoms with van der Waals surface area (Å²) < 4.78 is 8.89. The fourth-order valence-corrected chi connectivity index (χ4v) is 3.53. The molecule has 0 radical (unpaired) electrons. The molecule has 4 aromatic rings. The quantitative estimate of drug-likeness (QED) is 0.583. The minimum atomic E-state index is 0.00867. The molecule has 4 rings (SSSR count). The van der Waals surface area contributed by atoms with Gasteiger partial charge in [-0.05, 0) is 0 Å². The average Bonchev–Trinajstić information content (AvgIpc) is 3.02. The van der Waals surface area contributed by atoms with Crippen molar-refractivity contribution in [2.75, 3.05) is 5.32 Å². The third kappa shape index (κ3) is 2.42. The third-order valence-corrected chi connectivity index (χ3v) is 4.57. The van der Waals surface area contributed by atoms with Crippen LogP contribution in [0.3, 0.4) is 0 Å². The van der Waals surface area contributed by atoms with E-state index in [4.69, 9.17) is 0 Å². The predicted molar refractivity (Wildman–Crippen MR) is 85.5 cm³/mol. The number of nitrogens with zero attached hydrogens (tertiary/aromatic N) is 3. The summed E-state index contributed by atoms with van der Waals surface area (Å²) in [7, 11) is 0. The van der Waals surface area contributed by atoms with Crippen LogP contribution < -0.4 is 5.32 Å². The van der Waals surface area contributed by atoms with Crippen LogP contribution in [0.1, 0.15) is 5.56 Å². The third-order valence-electron chi connectivity index (χ3n) is 3.44. The molecule has 21 heavy (non-hydrogen) atoms. The Kier molecular flexibility index (Phi) is 3.14. The Balaban J connectivity index is 1.61. The SMILES string of the molecule is c1cnc2ccc(CNc3cccc4n[se]nc34)cc2c1. The van der Waals surface area contributed by atoms with E-state index in [0.717, 1.165) is 34.2 Å². The van der Waals surface area contributed by atoms with E-state index < -0.39 is 0 Å². The molecule has 0 saturated heterocycles. The molecule has 0 saturated carbocycles. The summed E-state index contributed by atoms with van der Waals surface area (Å²) >= 11 is 0.00867. The Morgan fingerprint density at radius 1 is 0.952 bits per heavy atom. The summed E-state index contributed by atoms with van der Waals surface area (Å²) in [6.45, 7) is 0.768. The second kappa shape index (κ2) is 5.28. The topological polar surface area (TPSA) is 50.7 Å². The number of rotatable bonds is 3. The van der Waals surface area contributed by atoms with Gasteiger partial charge < -0.3 is 0 Å². The Labute approximate surface area is 128 Å². The van der Waals surface area contributed by atoms with Gasteiger partial charge in [0.05, 0.1) is 0 Å². The molecule has 2 aromatic heterocycles. The molecule has 2 heterocycles. The zero-order valence-electron chi connectivity index (χ0n) is 11.2. The van der Waals surface area contributed by atoms with Gasteiger partial charge in [-0.3, -0.25) is 0 Å². The molecule has 0 atom stereocenters. The van der Waals surface area contributed by atoms with Gasteiger partial charge in [-0.1, -0.05) is 0 Å². The van der Waals surface area contributed by atoms with Crippen molar-refractivity contribution in [3.05, 3.63) is 60.3 Å². The molecule has 0 aliphatic heterocycles. The van der Waals surface area contributed by atoms with Crippen LogP contribution in [0.25, 0.3) is 21.9 Å². The summed E-state index contributed by atoms with van der Waals surface area (Å²) in [5.74, 6) is 0. The molecule has 0 spiro atoms. The first-order valence-electron chi connectivity index (χ1n) is 6.69. The van der Waals surface area contributed by atoms with Crippen LogP contribution >= 0.6 is 0 Å². The van der Waals surface area contributed by atoms with Crippen LogP contribution in [0.4, 0.5) is 5.69 Å². The van der Waals surface area contributed by atoms with E-state index in [0.29, 0.717) is 0 Å². The van der Waals surface area contributed by atoms with E-state index in [1.54, 1.807) is 0 Å². The van der Waals surface area contributed by atoms with Crippen molar-refractivity contribution in [2.24, 2.45) is 0 Å². The number of benzene rings is 2. The van der Waals surface area contributed by atoms with E-state index in [9.17, 15) is 0 Å². The summed E-state index contributed by atoms with van der Waals surface area (Å²) in [6, 6.07) is 16.5. The molecule has 0 unspecified atom stereocenters. The Hall–Kier alpha value is -2.23. The van der Waals surface area contributed by atoms with Gasteiger partial charge in [0.1, 0.15) is 0 Å². The molecular weight excluding hydrogens is 327 g/mol. The maximum absolute atomic E-state index is 4.48. The second-order valence-electron chi connectivity index (χ2n) is 4.82. The van der Waals surface area contributed by atoms with Crippen LogP contribution in [0.5, 0.6) is 0 Å². The number of hydrogen-bond donors (Lipinski definition) is 1. The fourth-order valence-electron chi connectivity index (χ4n) is 2.38. The number of pyridine rings is 1. The van der Waals surface area contributed by atoms with E-state index in [1.165, 1.54) is 5.56 Å². The second-order valence-corrected chi connectivity index (χ2v) is 5.93. The number of fused-ring (bicyclic) bond motifs is 2. The van der Waals surface area contributed by atoms with Crippen molar-refractivity contribution in [2.45, 2.75) is 6.54 Å². The predicted octanol–water partition coefficient (Wildman–Crippen LogP) is 2.85. The van der Waals surface area contributed by atoms with Crippen molar-refractivity contribution in [1.82, 2.24) is 12.9 Å². The van der Waals surface area contributed by atoms with Gasteiger partial charge in [0.25, 0.3) is 0 Å². The number of hydrogen-bond acceptors (Lipinski definition) is 4. The van der Waals surface area contributed by atoms with Crippen molar-refractivity contribution >= 4 is 42.6 Å². The van der Waals surface area contributed by atoms with E-state index in [1.807, 2.05) is 24.4 Å². The minimum absolute atomic E-state index is 0.00867. The number of aromatic nitrogens is 3. The van der Waals surface area contributed by atoms with Crippen LogP contribution in [-0.4, -0.2) is 27.9 Å². The monoisotopic (exact) mass is 340 g/mol. The maximum atomic E-state index is 4.48. The molecule has 0 aliphatic carbocycles. The standard InChI is InChI=1S/C16H12N4Se/c1-4-14(16-15(5-1)19-21-20-16)18-10-11-6-7-13-12(9-11)3-2-8-17-13/h1-9,18H,10H2. The first-order valence-corrected chi connectivity index (χ1v) is 8.22. The molecule has 0 fully saturated rings.